The van der Waals surface area contributed by atoms with Gasteiger partial charge in [-0.2, -0.15) is 10.2 Å². The van der Waals surface area contributed by atoms with Crippen LogP contribution in [0.25, 0.3) is 0 Å². The number of aliphatic imine (C=N–C) groups is 2. The molecule has 2 aliphatic rings. The number of nitrogens with zero attached hydrogens (tertiary/aromatic N) is 4. The van der Waals surface area contributed by atoms with Gasteiger partial charge in [0.25, 0.3) is 0 Å². The maximum Gasteiger partial charge on any atom is 0.133 e. The summed E-state index contributed by atoms with van der Waals surface area (Å²) in [6.45, 7) is 11.5. The lowest BCUT2D eigenvalue weighted by molar-refractivity contribution is 0.552. The fourth-order valence-electron chi connectivity index (χ4n) is 1.96. The molecular weight excluding hydrogens is 324 g/mol. The Morgan fingerprint density at radius 3 is 1.36 bits per heavy atom. The van der Waals surface area contributed by atoms with Crippen LogP contribution in [0.3, 0.4) is 0 Å². The zero-order valence-electron chi connectivity index (χ0n) is 13.5. The molecular formula is C12H28N6O2S2. The Morgan fingerprint density at radius 1 is 0.818 bits per heavy atom. The van der Waals surface area contributed by atoms with Crippen LogP contribution in [0.15, 0.2) is 20.2 Å². The maximum atomic E-state index is 4.47. The first kappa shape index (κ1) is 23.4. The quantitative estimate of drug-likeness (QED) is 0.324. The van der Waals surface area contributed by atoms with Crippen LogP contribution in [0.2, 0.25) is 0 Å². The summed E-state index contributed by atoms with van der Waals surface area (Å²) in [7, 11) is 0. The average molecular weight is 353 g/mol. The van der Waals surface area contributed by atoms with E-state index in [1.54, 1.807) is 0 Å². The van der Waals surface area contributed by atoms with E-state index in [-0.39, 0.29) is 11.0 Å². The van der Waals surface area contributed by atoms with Crippen molar-refractivity contribution in [1.29, 1.82) is 0 Å². The summed E-state index contributed by atoms with van der Waals surface area (Å²) in [4.78, 5) is 8.82. The van der Waals surface area contributed by atoms with Crippen molar-refractivity contribution in [2.45, 2.75) is 38.8 Å². The first-order valence-electron chi connectivity index (χ1n) is 6.63. The molecule has 22 heavy (non-hydrogen) atoms. The van der Waals surface area contributed by atoms with Gasteiger partial charge in [0, 0.05) is 13.1 Å². The lowest BCUT2D eigenvalue weighted by atomic mass is 10.0. The van der Waals surface area contributed by atoms with Gasteiger partial charge in [-0.15, -0.1) is 23.3 Å². The molecule has 0 aliphatic carbocycles. The van der Waals surface area contributed by atoms with Crippen molar-refractivity contribution in [2.24, 2.45) is 20.2 Å². The first-order chi connectivity index (χ1) is 9.42. The molecule has 0 radical (unpaired) electrons. The summed E-state index contributed by atoms with van der Waals surface area (Å²) < 4.78 is 0. The van der Waals surface area contributed by atoms with E-state index in [1.165, 1.54) is 0 Å². The van der Waals surface area contributed by atoms with Crippen molar-refractivity contribution < 1.29 is 11.0 Å². The minimum Gasteiger partial charge on any atom is -0.412 e. The Balaban J connectivity index is 0. The second kappa shape index (κ2) is 10.0. The molecule has 0 saturated carbocycles. The number of thiol groups is 2. The highest BCUT2D eigenvalue weighted by Gasteiger charge is 2.31. The number of nitrogens with one attached hydrogen (secondary N) is 2. The highest BCUT2D eigenvalue weighted by Crippen LogP contribution is 2.19. The van der Waals surface area contributed by atoms with Gasteiger partial charge < -0.3 is 21.6 Å². The van der Waals surface area contributed by atoms with Gasteiger partial charge in [0.05, 0.1) is 13.1 Å². The van der Waals surface area contributed by atoms with Gasteiger partial charge in [-0.1, -0.05) is 0 Å². The minimum absolute atomic E-state index is 0. The maximum absolute atomic E-state index is 4.47. The van der Waals surface area contributed by atoms with Gasteiger partial charge in [-0.25, -0.2) is 0 Å². The van der Waals surface area contributed by atoms with Gasteiger partial charge in [-0.05, 0) is 27.7 Å². The second-order valence-corrected chi connectivity index (χ2v) is 5.63. The molecule has 0 fully saturated rings. The molecule has 2 rings (SSSR count). The summed E-state index contributed by atoms with van der Waals surface area (Å²) in [5, 5.41) is 15.4. The summed E-state index contributed by atoms with van der Waals surface area (Å²) in [6.07, 6.45) is 0. The molecule has 0 aromatic heterocycles. The third kappa shape index (κ3) is 6.11. The topological polar surface area (TPSA) is 136 Å². The smallest absolute Gasteiger partial charge is 0.133 e. The zero-order valence-corrected chi connectivity index (χ0v) is 15.3. The van der Waals surface area contributed by atoms with Crippen molar-refractivity contribution in [3.05, 3.63) is 0 Å². The molecule has 0 saturated heterocycles. The van der Waals surface area contributed by atoms with Crippen molar-refractivity contribution >= 4 is 35.0 Å². The van der Waals surface area contributed by atoms with E-state index in [2.05, 4.69) is 54.2 Å². The fourth-order valence-corrected chi connectivity index (χ4v) is 1.96. The third-order valence-corrected chi connectivity index (χ3v) is 3.06. The largest absolute Gasteiger partial charge is 0.412 e. The molecule has 6 N–H and O–H groups in total. The molecule has 0 aromatic carbocycles. The predicted octanol–water partition coefficient (Wildman–Crippen LogP) is 0.111. The lowest BCUT2D eigenvalue weighted by Gasteiger charge is -2.23. The Bertz CT molecular complexity index is 386. The standard InChI is InChI=1S/C12H22N6.2H2O.H2S2/c1-11(2,9-13-5-6-14-9)17-18-12(3,4)10-15-7-8-16-10;;;1-2/h5-8H2,1-4H3,(H,13,14)(H,15,16);2*1H2;1-2H/b18-17+;;;. The molecule has 0 amide bonds. The van der Waals surface area contributed by atoms with E-state index >= 15 is 0 Å². The van der Waals surface area contributed by atoms with Gasteiger partial charge in [0.2, 0.25) is 0 Å². The highest BCUT2D eigenvalue weighted by molar-refractivity contribution is 8.59. The Kier molecular flexibility index (Phi) is 10.7. The molecule has 0 aromatic rings. The third-order valence-electron chi connectivity index (χ3n) is 3.06. The van der Waals surface area contributed by atoms with Crippen LogP contribution in [-0.4, -0.2) is 59.9 Å². The number of azo groups is 1. The monoisotopic (exact) mass is 352 g/mol. The van der Waals surface area contributed by atoms with Crippen molar-refractivity contribution in [1.82, 2.24) is 10.6 Å². The molecule has 0 atom stereocenters. The number of rotatable bonds is 4. The van der Waals surface area contributed by atoms with E-state index in [0.717, 1.165) is 37.9 Å². The van der Waals surface area contributed by atoms with Crippen LogP contribution in [0.4, 0.5) is 0 Å². The highest BCUT2D eigenvalue weighted by atomic mass is 33.1. The molecule has 8 nitrogen and oxygen atoms in total. The Labute approximate surface area is 142 Å². The molecule has 0 unspecified atom stereocenters. The van der Waals surface area contributed by atoms with E-state index < -0.39 is 11.1 Å². The zero-order chi connectivity index (χ0) is 15.2. The molecule has 0 bridgehead atoms. The van der Waals surface area contributed by atoms with E-state index in [0.29, 0.717) is 0 Å². The first-order valence-corrected chi connectivity index (χ1v) is 8.23. The average Bonchev–Trinajstić information content (AvgIpc) is 3.12. The van der Waals surface area contributed by atoms with Crippen LogP contribution < -0.4 is 10.6 Å². The van der Waals surface area contributed by atoms with Crippen LogP contribution in [-0.2, 0) is 0 Å². The van der Waals surface area contributed by atoms with E-state index in [1.807, 2.05) is 27.7 Å². The fraction of sp³-hybridized carbons (Fsp3) is 0.833. The van der Waals surface area contributed by atoms with Gasteiger partial charge in [0.15, 0.2) is 0 Å². The Morgan fingerprint density at radius 2 is 1.14 bits per heavy atom. The van der Waals surface area contributed by atoms with Crippen molar-refractivity contribution in [3.8, 4) is 0 Å². The lowest BCUT2D eigenvalue weighted by Crippen LogP contribution is -2.41. The van der Waals surface area contributed by atoms with Crippen molar-refractivity contribution in [3.63, 3.8) is 0 Å². The molecule has 10 heteroatoms. The SMILES string of the molecule is CC(C)(/N=N/C(C)(C)C1=NCCN1)C1=NCCN1.O.O.SS. The van der Waals surface area contributed by atoms with Gasteiger partial charge in [-0.3, -0.25) is 9.98 Å². The predicted molar refractivity (Wildman–Crippen MR) is 98.8 cm³/mol. The van der Waals surface area contributed by atoms with Crippen molar-refractivity contribution in [2.75, 3.05) is 26.2 Å². The van der Waals surface area contributed by atoms with Crippen LogP contribution >= 0.6 is 23.3 Å². The number of hydrogen-bond donors (Lipinski definition) is 4. The van der Waals surface area contributed by atoms with Gasteiger partial charge in [0.1, 0.15) is 22.7 Å². The summed E-state index contributed by atoms with van der Waals surface area (Å²) in [5.41, 5.74) is -0.792. The van der Waals surface area contributed by atoms with Crippen LogP contribution in [0.1, 0.15) is 27.7 Å². The summed E-state index contributed by atoms with van der Waals surface area (Å²) in [5.74, 6) is 1.84. The molecule has 130 valence electrons. The summed E-state index contributed by atoms with van der Waals surface area (Å²) in [6, 6.07) is 0. The van der Waals surface area contributed by atoms with Crippen LogP contribution in [0.5, 0.6) is 0 Å². The van der Waals surface area contributed by atoms with E-state index in [9.17, 15) is 0 Å². The van der Waals surface area contributed by atoms with E-state index in [4.69, 9.17) is 0 Å². The Hall–Kier alpha value is -0.840. The molecule has 2 heterocycles. The number of hydrogen-bond acceptors (Lipinski definition) is 8. The molecule has 2 aliphatic heterocycles. The molecule has 0 spiro atoms. The number of amidine groups is 2. The minimum atomic E-state index is -0.396. The van der Waals surface area contributed by atoms with Gasteiger partial charge >= 0.3 is 0 Å². The second-order valence-electron chi connectivity index (χ2n) is 5.63. The normalized spacial score (nSPS) is 17.2. The van der Waals surface area contributed by atoms with Crippen LogP contribution in [0, 0.1) is 0 Å². The summed E-state index contributed by atoms with van der Waals surface area (Å²) >= 11 is 6.44.